The predicted molar refractivity (Wildman–Crippen MR) is 90.6 cm³/mol. The molecular weight excluding hydrogens is 276 g/mol. The van der Waals surface area contributed by atoms with Crippen molar-refractivity contribution in [2.24, 2.45) is 23.3 Å². The van der Waals surface area contributed by atoms with E-state index in [2.05, 4.69) is 23.6 Å². The number of nitrogens with zero attached hydrogens (tertiary/aromatic N) is 2. The minimum Gasteiger partial charge on any atom is -0.330 e. The van der Waals surface area contributed by atoms with Crippen LogP contribution >= 0.6 is 0 Å². The molecule has 2 unspecified atom stereocenters. The molecule has 0 aromatic heterocycles. The van der Waals surface area contributed by atoms with Crippen LogP contribution in [0, 0.1) is 11.8 Å². The van der Waals surface area contributed by atoms with Gasteiger partial charge in [0.1, 0.15) is 0 Å². The molecule has 0 aliphatic carbocycles. The Bertz CT molecular complexity index is 315. The van der Waals surface area contributed by atoms with Gasteiger partial charge in [-0.15, -0.1) is 0 Å². The first-order valence-electron chi connectivity index (χ1n) is 8.98. The Morgan fingerprint density at radius 3 is 1.45 bits per heavy atom. The first-order valence-corrected chi connectivity index (χ1v) is 8.98. The van der Waals surface area contributed by atoms with E-state index >= 15 is 0 Å². The van der Waals surface area contributed by atoms with E-state index < -0.39 is 0 Å². The summed E-state index contributed by atoms with van der Waals surface area (Å²) < 4.78 is 0. The van der Waals surface area contributed by atoms with Crippen LogP contribution in [0.4, 0.5) is 0 Å². The first kappa shape index (κ1) is 17.9. The predicted octanol–water partition coefficient (Wildman–Crippen LogP) is 0.674. The van der Waals surface area contributed by atoms with Gasteiger partial charge in [0.25, 0.3) is 0 Å². The molecule has 2 fully saturated rings. The van der Waals surface area contributed by atoms with Gasteiger partial charge >= 0.3 is 0 Å². The standard InChI is InChI=1S/C17H34N4O/c1-13(20-7-3-15(11-18)4-8-20)17(22)14(2)21-9-5-16(12-19)6-10-21/h13-16H,3-12,18-19H2,1-2H3. The highest BCUT2D eigenvalue weighted by atomic mass is 16.1. The minimum atomic E-state index is 0.0287. The van der Waals surface area contributed by atoms with Gasteiger partial charge in [0.2, 0.25) is 0 Å². The van der Waals surface area contributed by atoms with Gasteiger partial charge in [-0.25, -0.2) is 0 Å². The molecule has 0 bridgehead atoms. The van der Waals surface area contributed by atoms with E-state index in [1.807, 2.05) is 0 Å². The summed E-state index contributed by atoms with van der Waals surface area (Å²) in [6.45, 7) is 9.76. The fraction of sp³-hybridized carbons (Fsp3) is 0.941. The monoisotopic (exact) mass is 310 g/mol. The van der Waals surface area contributed by atoms with Crippen molar-refractivity contribution in [1.29, 1.82) is 0 Å². The molecule has 2 atom stereocenters. The van der Waals surface area contributed by atoms with E-state index in [9.17, 15) is 4.79 Å². The quantitative estimate of drug-likeness (QED) is 0.754. The van der Waals surface area contributed by atoms with E-state index in [4.69, 9.17) is 11.5 Å². The fourth-order valence-electron chi connectivity index (χ4n) is 3.86. The van der Waals surface area contributed by atoms with E-state index in [-0.39, 0.29) is 12.1 Å². The average Bonchev–Trinajstić information content (AvgIpc) is 2.60. The maximum absolute atomic E-state index is 12.8. The van der Waals surface area contributed by atoms with Crippen molar-refractivity contribution in [3.05, 3.63) is 0 Å². The van der Waals surface area contributed by atoms with Crippen molar-refractivity contribution in [3.8, 4) is 0 Å². The number of hydrogen-bond acceptors (Lipinski definition) is 5. The summed E-state index contributed by atoms with van der Waals surface area (Å²) in [4.78, 5) is 17.5. The van der Waals surface area contributed by atoms with Crippen molar-refractivity contribution < 1.29 is 4.79 Å². The van der Waals surface area contributed by atoms with Crippen molar-refractivity contribution in [3.63, 3.8) is 0 Å². The van der Waals surface area contributed by atoms with E-state index in [1.165, 1.54) is 0 Å². The van der Waals surface area contributed by atoms with Crippen LogP contribution in [0.1, 0.15) is 39.5 Å². The molecule has 0 amide bonds. The molecule has 2 saturated heterocycles. The number of rotatable bonds is 6. The highest BCUT2D eigenvalue weighted by molar-refractivity contribution is 5.88. The summed E-state index contributed by atoms with van der Waals surface area (Å²) in [5.41, 5.74) is 11.5. The van der Waals surface area contributed by atoms with Gasteiger partial charge in [0.15, 0.2) is 5.78 Å². The van der Waals surface area contributed by atoms with Crippen molar-refractivity contribution >= 4 is 5.78 Å². The van der Waals surface area contributed by atoms with E-state index in [0.717, 1.165) is 65.0 Å². The zero-order valence-corrected chi connectivity index (χ0v) is 14.3. The highest BCUT2D eigenvalue weighted by Crippen LogP contribution is 2.22. The Balaban J connectivity index is 1.82. The molecule has 0 saturated carbocycles. The molecule has 128 valence electrons. The molecule has 2 heterocycles. The zero-order valence-electron chi connectivity index (χ0n) is 14.3. The number of piperidine rings is 2. The smallest absolute Gasteiger partial charge is 0.166 e. The van der Waals surface area contributed by atoms with Crippen LogP contribution in [-0.2, 0) is 4.79 Å². The second kappa shape index (κ2) is 8.39. The molecule has 2 aliphatic heterocycles. The number of ketones is 1. The van der Waals surface area contributed by atoms with Crippen molar-refractivity contribution in [2.75, 3.05) is 39.3 Å². The summed E-state index contributed by atoms with van der Waals surface area (Å²) in [7, 11) is 0. The Hall–Kier alpha value is -0.490. The van der Waals surface area contributed by atoms with Crippen LogP contribution in [0.2, 0.25) is 0 Å². The van der Waals surface area contributed by atoms with Gasteiger partial charge in [-0.3, -0.25) is 14.6 Å². The van der Waals surface area contributed by atoms with Crippen LogP contribution in [0.5, 0.6) is 0 Å². The van der Waals surface area contributed by atoms with Crippen LogP contribution < -0.4 is 11.5 Å². The minimum absolute atomic E-state index is 0.0287. The highest BCUT2D eigenvalue weighted by Gasteiger charge is 2.32. The number of nitrogens with two attached hydrogens (primary N) is 2. The number of hydrogen-bond donors (Lipinski definition) is 2. The molecule has 22 heavy (non-hydrogen) atoms. The summed E-state index contributed by atoms with van der Waals surface area (Å²) in [6, 6.07) is 0.0573. The first-order chi connectivity index (χ1) is 10.6. The largest absolute Gasteiger partial charge is 0.330 e. The molecular formula is C17H34N4O. The van der Waals surface area contributed by atoms with Crippen molar-refractivity contribution in [1.82, 2.24) is 9.80 Å². The molecule has 2 aliphatic rings. The lowest BCUT2D eigenvalue weighted by Crippen LogP contribution is -2.52. The molecule has 0 aromatic carbocycles. The van der Waals surface area contributed by atoms with Gasteiger partial charge in [-0.1, -0.05) is 0 Å². The van der Waals surface area contributed by atoms with Gasteiger partial charge in [-0.2, -0.15) is 0 Å². The maximum atomic E-state index is 12.8. The second-order valence-electron chi connectivity index (χ2n) is 7.18. The summed E-state index contributed by atoms with van der Waals surface area (Å²) in [6.07, 6.45) is 4.52. The molecule has 0 spiro atoms. The van der Waals surface area contributed by atoms with E-state index in [1.54, 1.807) is 0 Å². The van der Waals surface area contributed by atoms with Gasteiger partial charge < -0.3 is 11.5 Å². The summed E-state index contributed by atoms with van der Waals surface area (Å²) in [5.74, 6) is 1.66. The SMILES string of the molecule is CC(C(=O)C(C)N1CCC(CN)CC1)N1CCC(CN)CC1. The molecule has 5 nitrogen and oxygen atoms in total. The topological polar surface area (TPSA) is 75.6 Å². The maximum Gasteiger partial charge on any atom is 0.166 e. The Morgan fingerprint density at radius 2 is 1.18 bits per heavy atom. The second-order valence-corrected chi connectivity index (χ2v) is 7.18. The third kappa shape index (κ3) is 4.28. The Morgan fingerprint density at radius 1 is 0.864 bits per heavy atom. The normalized spacial score (nSPS) is 26.0. The number of Topliss-reactive ketones (excluding diaryl/α,β-unsaturated/α-hetero) is 1. The average molecular weight is 310 g/mol. The third-order valence-electron chi connectivity index (χ3n) is 5.88. The van der Waals surface area contributed by atoms with Crippen LogP contribution in [-0.4, -0.2) is 66.9 Å². The van der Waals surface area contributed by atoms with E-state index in [0.29, 0.717) is 17.6 Å². The summed E-state index contributed by atoms with van der Waals surface area (Å²) >= 11 is 0. The lowest BCUT2D eigenvalue weighted by Gasteiger charge is -2.39. The number of carbonyl (C=O) groups excluding carboxylic acids is 1. The lowest BCUT2D eigenvalue weighted by atomic mass is 9.93. The van der Waals surface area contributed by atoms with Crippen LogP contribution in [0.25, 0.3) is 0 Å². The molecule has 4 N–H and O–H groups in total. The van der Waals surface area contributed by atoms with Gasteiger partial charge in [0.05, 0.1) is 12.1 Å². The van der Waals surface area contributed by atoms with Crippen LogP contribution in [0.3, 0.4) is 0 Å². The zero-order chi connectivity index (χ0) is 16.1. The van der Waals surface area contributed by atoms with Crippen LogP contribution in [0.15, 0.2) is 0 Å². The number of carbonyl (C=O) groups is 1. The lowest BCUT2D eigenvalue weighted by molar-refractivity contribution is -0.129. The molecule has 0 aromatic rings. The molecule has 0 radical (unpaired) electrons. The third-order valence-corrected chi connectivity index (χ3v) is 5.88. The fourth-order valence-corrected chi connectivity index (χ4v) is 3.86. The number of likely N-dealkylation sites (tertiary alicyclic amines) is 2. The molecule has 5 heteroatoms. The summed E-state index contributed by atoms with van der Waals surface area (Å²) in [5, 5.41) is 0. The Kier molecular flexibility index (Phi) is 6.81. The molecule has 2 rings (SSSR count). The Labute approximate surface area is 135 Å². The van der Waals surface area contributed by atoms with Gasteiger partial charge in [0, 0.05) is 0 Å². The van der Waals surface area contributed by atoms with Gasteiger partial charge in [-0.05, 0) is 90.6 Å². The van der Waals surface area contributed by atoms with Crippen molar-refractivity contribution in [2.45, 2.75) is 51.6 Å².